The molecule has 0 heterocycles. The van der Waals surface area contributed by atoms with Gasteiger partial charge in [0.25, 0.3) is 5.91 Å². The standard InChI is InChI=1S/C15H15N3O5S/c16-13-4-2-1-3-12(13)15(21)18-10-5-7-11(8-6-10)24(22,23)17-9-14(19)20/h1-8,17H,9,16H2,(H,18,21)(H,19,20). The van der Waals surface area contributed by atoms with Gasteiger partial charge in [-0.1, -0.05) is 12.1 Å². The van der Waals surface area contributed by atoms with Crippen LogP contribution in [0.1, 0.15) is 10.4 Å². The van der Waals surface area contributed by atoms with Gasteiger partial charge in [-0.3, -0.25) is 9.59 Å². The molecule has 2 aromatic rings. The summed E-state index contributed by atoms with van der Waals surface area (Å²) in [6.07, 6.45) is 0. The second-order valence-electron chi connectivity index (χ2n) is 4.78. The molecule has 126 valence electrons. The minimum absolute atomic E-state index is 0.110. The van der Waals surface area contributed by atoms with Gasteiger partial charge in [0.15, 0.2) is 0 Å². The van der Waals surface area contributed by atoms with E-state index in [1.165, 1.54) is 24.3 Å². The summed E-state index contributed by atoms with van der Waals surface area (Å²) in [5, 5.41) is 11.1. The summed E-state index contributed by atoms with van der Waals surface area (Å²) in [6, 6.07) is 11.9. The summed E-state index contributed by atoms with van der Waals surface area (Å²) in [5.74, 6) is -1.71. The highest BCUT2D eigenvalue weighted by atomic mass is 32.2. The zero-order valence-corrected chi connectivity index (χ0v) is 13.2. The molecule has 24 heavy (non-hydrogen) atoms. The average Bonchev–Trinajstić information content (AvgIpc) is 2.54. The number of nitrogens with two attached hydrogens (primary N) is 1. The molecular weight excluding hydrogens is 334 g/mol. The van der Waals surface area contributed by atoms with Crippen molar-refractivity contribution in [3.63, 3.8) is 0 Å². The number of aliphatic carboxylic acids is 1. The van der Waals surface area contributed by atoms with Crippen LogP contribution in [-0.2, 0) is 14.8 Å². The lowest BCUT2D eigenvalue weighted by atomic mass is 10.1. The van der Waals surface area contributed by atoms with Crippen molar-refractivity contribution in [1.29, 1.82) is 0 Å². The predicted octanol–water partition coefficient (Wildman–Crippen LogP) is 0.884. The summed E-state index contributed by atoms with van der Waals surface area (Å²) in [5.41, 5.74) is 6.72. The van der Waals surface area contributed by atoms with Gasteiger partial charge in [-0.25, -0.2) is 8.42 Å². The number of hydrogen-bond acceptors (Lipinski definition) is 5. The lowest BCUT2D eigenvalue weighted by Crippen LogP contribution is -2.29. The normalized spacial score (nSPS) is 11.0. The second-order valence-corrected chi connectivity index (χ2v) is 6.55. The van der Waals surface area contributed by atoms with Crippen LogP contribution in [0, 0.1) is 0 Å². The summed E-state index contributed by atoms with van der Waals surface area (Å²) >= 11 is 0. The number of carboxylic acid groups (broad SMARTS) is 1. The summed E-state index contributed by atoms with van der Waals surface area (Å²) in [4.78, 5) is 22.4. The number of nitrogen functional groups attached to an aromatic ring is 1. The Morgan fingerprint density at radius 3 is 2.25 bits per heavy atom. The van der Waals surface area contributed by atoms with Gasteiger partial charge in [0.1, 0.15) is 6.54 Å². The molecule has 8 nitrogen and oxygen atoms in total. The molecule has 0 aromatic heterocycles. The van der Waals surface area contributed by atoms with Crippen LogP contribution in [0.5, 0.6) is 0 Å². The smallest absolute Gasteiger partial charge is 0.318 e. The van der Waals surface area contributed by atoms with E-state index in [2.05, 4.69) is 5.32 Å². The molecule has 0 spiro atoms. The molecule has 1 amide bonds. The fraction of sp³-hybridized carbons (Fsp3) is 0.0667. The Kier molecular flexibility index (Phi) is 5.17. The van der Waals surface area contributed by atoms with Gasteiger partial charge in [-0.2, -0.15) is 4.72 Å². The number of para-hydroxylation sites is 1. The van der Waals surface area contributed by atoms with Crippen molar-refractivity contribution in [3.8, 4) is 0 Å². The first kappa shape index (κ1) is 17.4. The van der Waals surface area contributed by atoms with E-state index in [4.69, 9.17) is 10.8 Å². The van der Waals surface area contributed by atoms with Crippen molar-refractivity contribution in [2.45, 2.75) is 4.90 Å². The molecule has 0 saturated carbocycles. The molecule has 0 bridgehead atoms. The van der Waals surface area contributed by atoms with E-state index in [9.17, 15) is 18.0 Å². The first-order valence-electron chi connectivity index (χ1n) is 6.77. The Labute approximate surface area is 138 Å². The molecule has 5 N–H and O–H groups in total. The maximum atomic E-state index is 12.1. The maximum absolute atomic E-state index is 12.1. The highest BCUT2D eigenvalue weighted by Crippen LogP contribution is 2.17. The molecule has 0 aliphatic rings. The molecular formula is C15H15N3O5S. The fourth-order valence-corrected chi connectivity index (χ4v) is 2.83. The molecule has 0 radical (unpaired) electrons. The molecule has 2 rings (SSSR count). The van der Waals surface area contributed by atoms with E-state index in [0.29, 0.717) is 16.9 Å². The topological polar surface area (TPSA) is 139 Å². The number of nitrogens with one attached hydrogen (secondary N) is 2. The van der Waals surface area contributed by atoms with Crippen LogP contribution in [0.2, 0.25) is 0 Å². The van der Waals surface area contributed by atoms with Crippen LogP contribution in [0.3, 0.4) is 0 Å². The minimum atomic E-state index is -3.92. The Morgan fingerprint density at radius 2 is 1.67 bits per heavy atom. The number of anilines is 2. The SMILES string of the molecule is Nc1ccccc1C(=O)Nc1ccc(S(=O)(=O)NCC(=O)O)cc1. The summed E-state index contributed by atoms with van der Waals surface area (Å²) in [6.45, 7) is -0.714. The third kappa shape index (κ3) is 4.31. The number of hydrogen-bond donors (Lipinski definition) is 4. The third-order valence-corrected chi connectivity index (χ3v) is 4.46. The lowest BCUT2D eigenvalue weighted by Gasteiger charge is -2.09. The number of carboxylic acids is 1. The minimum Gasteiger partial charge on any atom is -0.480 e. The van der Waals surface area contributed by atoms with E-state index in [1.54, 1.807) is 24.3 Å². The van der Waals surface area contributed by atoms with Crippen LogP contribution in [0.4, 0.5) is 11.4 Å². The fourth-order valence-electron chi connectivity index (χ4n) is 1.86. The number of amides is 1. The van der Waals surface area contributed by atoms with Gasteiger partial charge >= 0.3 is 5.97 Å². The van der Waals surface area contributed by atoms with E-state index in [-0.39, 0.29) is 4.90 Å². The van der Waals surface area contributed by atoms with Crippen molar-refractivity contribution < 1.29 is 23.1 Å². The summed E-state index contributed by atoms with van der Waals surface area (Å²) < 4.78 is 25.7. The largest absolute Gasteiger partial charge is 0.480 e. The Bertz CT molecular complexity index is 863. The van der Waals surface area contributed by atoms with Crippen LogP contribution < -0.4 is 15.8 Å². The van der Waals surface area contributed by atoms with Crippen LogP contribution in [-0.4, -0.2) is 31.9 Å². The van der Waals surface area contributed by atoms with Crippen molar-refractivity contribution in [2.24, 2.45) is 0 Å². The predicted molar refractivity (Wildman–Crippen MR) is 88.1 cm³/mol. The van der Waals surface area contributed by atoms with Crippen molar-refractivity contribution >= 4 is 33.3 Å². The number of rotatable bonds is 6. The highest BCUT2D eigenvalue weighted by molar-refractivity contribution is 7.89. The van der Waals surface area contributed by atoms with E-state index < -0.39 is 28.4 Å². The third-order valence-electron chi connectivity index (χ3n) is 3.04. The van der Waals surface area contributed by atoms with Crippen LogP contribution in [0.15, 0.2) is 53.4 Å². The van der Waals surface area contributed by atoms with Gasteiger partial charge in [0, 0.05) is 11.4 Å². The van der Waals surface area contributed by atoms with E-state index in [1.807, 2.05) is 4.72 Å². The van der Waals surface area contributed by atoms with Gasteiger partial charge in [0.2, 0.25) is 10.0 Å². The van der Waals surface area contributed by atoms with Crippen LogP contribution >= 0.6 is 0 Å². The lowest BCUT2D eigenvalue weighted by molar-refractivity contribution is -0.135. The van der Waals surface area contributed by atoms with Gasteiger partial charge in [0.05, 0.1) is 10.5 Å². The number of carbonyl (C=O) groups is 2. The Balaban J connectivity index is 2.11. The quantitative estimate of drug-likeness (QED) is 0.571. The zero-order chi connectivity index (χ0) is 17.7. The van der Waals surface area contributed by atoms with Gasteiger partial charge in [-0.05, 0) is 36.4 Å². The number of benzene rings is 2. The Hall–Kier alpha value is -2.91. The van der Waals surface area contributed by atoms with Gasteiger partial charge < -0.3 is 16.2 Å². The molecule has 0 aliphatic heterocycles. The van der Waals surface area contributed by atoms with Gasteiger partial charge in [-0.15, -0.1) is 0 Å². The maximum Gasteiger partial charge on any atom is 0.318 e. The monoisotopic (exact) mass is 349 g/mol. The van der Waals surface area contributed by atoms with E-state index >= 15 is 0 Å². The average molecular weight is 349 g/mol. The van der Waals surface area contributed by atoms with E-state index in [0.717, 1.165) is 0 Å². The van der Waals surface area contributed by atoms with Crippen LogP contribution in [0.25, 0.3) is 0 Å². The highest BCUT2D eigenvalue weighted by Gasteiger charge is 2.15. The molecule has 0 aliphatic carbocycles. The first-order valence-corrected chi connectivity index (χ1v) is 8.25. The molecule has 2 aromatic carbocycles. The molecule has 0 atom stereocenters. The molecule has 0 unspecified atom stereocenters. The Morgan fingerprint density at radius 1 is 1.04 bits per heavy atom. The molecule has 0 fully saturated rings. The first-order chi connectivity index (χ1) is 11.3. The molecule has 0 saturated heterocycles. The number of carbonyl (C=O) groups excluding carboxylic acids is 1. The second kappa shape index (κ2) is 7.11. The van der Waals surface area contributed by atoms with Crippen molar-refractivity contribution in [1.82, 2.24) is 4.72 Å². The van der Waals surface area contributed by atoms with Crippen molar-refractivity contribution in [2.75, 3.05) is 17.6 Å². The summed E-state index contributed by atoms with van der Waals surface area (Å²) in [7, 11) is -3.92. The zero-order valence-electron chi connectivity index (χ0n) is 12.4. The number of sulfonamides is 1. The molecule has 9 heteroatoms. The van der Waals surface area contributed by atoms with Crippen molar-refractivity contribution in [3.05, 3.63) is 54.1 Å².